The standard InChI is InChI=1S/C21H24N4/c1-15-7-9-17(10-8-15)21-18(11-23-24-21)12-25-13-19(20(22)14-25)16-5-3-2-4-6-16/h2-11,19-20H,12-14,22H2,1H3,(H,23,24)/t19-,20+/m0/s1. The van der Waals surface area contributed by atoms with Crippen LogP contribution in [0.5, 0.6) is 0 Å². The van der Waals surface area contributed by atoms with Gasteiger partial charge in [0, 0.05) is 37.2 Å². The topological polar surface area (TPSA) is 57.9 Å². The first kappa shape index (κ1) is 16.1. The van der Waals surface area contributed by atoms with E-state index in [2.05, 4.69) is 76.6 Å². The summed E-state index contributed by atoms with van der Waals surface area (Å²) < 4.78 is 0. The number of aromatic nitrogens is 2. The van der Waals surface area contributed by atoms with Crippen molar-refractivity contribution in [3.05, 3.63) is 77.5 Å². The predicted octanol–water partition coefficient (Wildman–Crippen LogP) is 3.31. The largest absolute Gasteiger partial charge is 0.326 e. The zero-order valence-corrected chi connectivity index (χ0v) is 14.5. The second kappa shape index (κ2) is 6.82. The maximum atomic E-state index is 6.43. The first-order valence-corrected chi connectivity index (χ1v) is 8.83. The summed E-state index contributed by atoms with van der Waals surface area (Å²) in [6, 6.07) is 19.4. The van der Waals surface area contributed by atoms with Crippen molar-refractivity contribution in [2.75, 3.05) is 13.1 Å². The molecule has 4 heteroatoms. The molecule has 1 saturated heterocycles. The van der Waals surface area contributed by atoms with E-state index in [0.717, 1.165) is 25.3 Å². The van der Waals surface area contributed by atoms with Crippen molar-refractivity contribution < 1.29 is 0 Å². The van der Waals surface area contributed by atoms with Crippen LogP contribution in [-0.2, 0) is 6.54 Å². The summed E-state index contributed by atoms with van der Waals surface area (Å²) in [6.07, 6.45) is 1.94. The number of nitrogens with zero attached hydrogens (tertiary/aromatic N) is 2. The smallest absolute Gasteiger partial charge is 0.0695 e. The van der Waals surface area contributed by atoms with E-state index < -0.39 is 0 Å². The zero-order chi connectivity index (χ0) is 17.2. The maximum absolute atomic E-state index is 6.43. The highest BCUT2D eigenvalue weighted by Crippen LogP contribution is 2.29. The van der Waals surface area contributed by atoms with E-state index in [0.29, 0.717) is 5.92 Å². The molecule has 0 saturated carbocycles. The molecular formula is C21H24N4. The van der Waals surface area contributed by atoms with E-state index in [1.165, 1.54) is 22.3 Å². The summed E-state index contributed by atoms with van der Waals surface area (Å²) in [4.78, 5) is 2.44. The van der Waals surface area contributed by atoms with Gasteiger partial charge in [0.05, 0.1) is 11.9 Å². The third-order valence-electron chi connectivity index (χ3n) is 5.12. The van der Waals surface area contributed by atoms with Gasteiger partial charge in [0.2, 0.25) is 0 Å². The van der Waals surface area contributed by atoms with Crippen LogP contribution in [0.15, 0.2) is 60.8 Å². The molecule has 1 fully saturated rings. The van der Waals surface area contributed by atoms with Gasteiger partial charge in [0.15, 0.2) is 0 Å². The summed E-state index contributed by atoms with van der Waals surface area (Å²) in [5, 5.41) is 7.44. The van der Waals surface area contributed by atoms with Crippen LogP contribution in [0.2, 0.25) is 0 Å². The highest BCUT2D eigenvalue weighted by molar-refractivity contribution is 5.62. The fourth-order valence-electron chi connectivity index (χ4n) is 3.74. The van der Waals surface area contributed by atoms with E-state index in [1.54, 1.807) is 0 Å². The lowest BCUT2D eigenvalue weighted by Gasteiger charge is -2.16. The molecule has 25 heavy (non-hydrogen) atoms. The molecule has 4 rings (SSSR count). The summed E-state index contributed by atoms with van der Waals surface area (Å²) in [6.45, 7) is 4.88. The highest BCUT2D eigenvalue weighted by Gasteiger charge is 2.31. The number of aromatic amines is 1. The van der Waals surface area contributed by atoms with E-state index in [-0.39, 0.29) is 6.04 Å². The monoisotopic (exact) mass is 332 g/mol. The maximum Gasteiger partial charge on any atom is 0.0695 e. The number of likely N-dealkylation sites (tertiary alicyclic amines) is 1. The molecule has 0 spiro atoms. The van der Waals surface area contributed by atoms with Gasteiger partial charge in [0.25, 0.3) is 0 Å². The quantitative estimate of drug-likeness (QED) is 0.770. The van der Waals surface area contributed by atoms with Gasteiger partial charge in [-0.2, -0.15) is 5.10 Å². The Labute approximate surface area is 148 Å². The Balaban J connectivity index is 1.51. The van der Waals surface area contributed by atoms with Crippen LogP contribution in [0, 0.1) is 6.92 Å². The number of nitrogens with one attached hydrogen (secondary N) is 1. The number of hydrogen-bond acceptors (Lipinski definition) is 3. The molecule has 3 N–H and O–H groups in total. The van der Waals surface area contributed by atoms with Gasteiger partial charge >= 0.3 is 0 Å². The Kier molecular flexibility index (Phi) is 4.38. The van der Waals surface area contributed by atoms with Gasteiger partial charge in [-0.3, -0.25) is 10.00 Å². The van der Waals surface area contributed by atoms with Crippen LogP contribution in [0.25, 0.3) is 11.3 Å². The number of rotatable bonds is 4. The molecule has 0 amide bonds. The molecule has 1 aliphatic rings. The Morgan fingerprint density at radius 3 is 2.60 bits per heavy atom. The fourth-order valence-corrected chi connectivity index (χ4v) is 3.74. The fraction of sp³-hybridized carbons (Fsp3) is 0.286. The van der Waals surface area contributed by atoms with Gasteiger partial charge in [-0.25, -0.2) is 0 Å². The van der Waals surface area contributed by atoms with Crippen molar-refractivity contribution in [1.82, 2.24) is 15.1 Å². The molecule has 0 unspecified atom stereocenters. The summed E-state index contributed by atoms with van der Waals surface area (Å²) in [7, 11) is 0. The van der Waals surface area contributed by atoms with Crippen molar-refractivity contribution in [2.24, 2.45) is 5.73 Å². The number of aryl methyl sites for hydroxylation is 1. The predicted molar refractivity (Wildman–Crippen MR) is 101 cm³/mol. The van der Waals surface area contributed by atoms with Crippen LogP contribution >= 0.6 is 0 Å². The van der Waals surface area contributed by atoms with Gasteiger partial charge in [0.1, 0.15) is 0 Å². The second-order valence-corrected chi connectivity index (χ2v) is 7.01. The molecule has 2 heterocycles. The molecule has 2 aromatic carbocycles. The average Bonchev–Trinajstić information content (AvgIpc) is 3.23. The van der Waals surface area contributed by atoms with Crippen molar-refractivity contribution in [3.63, 3.8) is 0 Å². The first-order valence-electron chi connectivity index (χ1n) is 8.83. The third-order valence-corrected chi connectivity index (χ3v) is 5.12. The van der Waals surface area contributed by atoms with Crippen molar-refractivity contribution in [3.8, 4) is 11.3 Å². The molecule has 4 nitrogen and oxygen atoms in total. The van der Waals surface area contributed by atoms with Gasteiger partial charge < -0.3 is 5.73 Å². The molecule has 3 aromatic rings. The van der Waals surface area contributed by atoms with Crippen molar-refractivity contribution in [2.45, 2.75) is 25.4 Å². The van der Waals surface area contributed by atoms with Crippen molar-refractivity contribution in [1.29, 1.82) is 0 Å². The molecule has 1 aliphatic heterocycles. The molecule has 0 aliphatic carbocycles. The normalized spacial score (nSPS) is 20.9. The summed E-state index contributed by atoms with van der Waals surface area (Å²) >= 11 is 0. The van der Waals surface area contributed by atoms with Crippen LogP contribution in [0.1, 0.15) is 22.6 Å². The Hall–Kier alpha value is -2.43. The number of H-pyrrole nitrogens is 1. The molecule has 0 bridgehead atoms. The van der Waals surface area contributed by atoms with E-state index in [9.17, 15) is 0 Å². The first-order chi connectivity index (χ1) is 12.2. The minimum Gasteiger partial charge on any atom is -0.326 e. The lowest BCUT2D eigenvalue weighted by Crippen LogP contribution is -2.28. The zero-order valence-electron chi connectivity index (χ0n) is 14.5. The van der Waals surface area contributed by atoms with Gasteiger partial charge in [-0.05, 0) is 18.1 Å². The lowest BCUT2D eigenvalue weighted by atomic mass is 9.95. The number of benzene rings is 2. The summed E-state index contributed by atoms with van der Waals surface area (Å²) in [5.74, 6) is 0.399. The Bertz CT molecular complexity index is 823. The van der Waals surface area contributed by atoms with Crippen LogP contribution in [0.4, 0.5) is 0 Å². The lowest BCUT2D eigenvalue weighted by molar-refractivity contribution is 0.324. The minimum atomic E-state index is 0.178. The van der Waals surface area contributed by atoms with E-state index in [1.807, 2.05) is 6.20 Å². The van der Waals surface area contributed by atoms with Crippen LogP contribution in [0.3, 0.4) is 0 Å². The van der Waals surface area contributed by atoms with E-state index >= 15 is 0 Å². The Morgan fingerprint density at radius 2 is 1.84 bits per heavy atom. The average molecular weight is 332 g/mol. The second-order valence-electron chi connectivity index (χ2n) is 7.01. The van der Waals surface area contributed by atoms with E-state index in [4.69, 9.17) is 5.73 Å². The number of hydrogen-bond donors (Lipinski definition) is 2. The third kappa shape index (κ3) is 3.36. The SMILES string of the molecule is Cc1ccc(-c2[nH]ncc2CN2C[C@@H](N)[C@H](c3ccccc3)C2)cc1. The minimum absolute atomic E-state index is 0.178. The molecule has 0 radical (unpaired) electrons. The van der Waals surface area contributed by atoms with Crippen molar-refractivity contribution >= 4 is 0 Å². The van der Waals surface area contributed by atoms with Crippen LogP contribution in [-0.4, -0.2) is 34.2 Å². The van der Waals surface area contributed by atoms with Crippen LogP contribution < -0.4 is 5.73 Å². The molecule has 1 aromatic heterocycles. The van der Waals surface area contributed by atoms with Gasteiger partial charge in [-0.15, -0.1) is 0 Å². The molecule has 128 valence electrons. The van der Waals surface area contributed by atoms with Gasteiger partial charge in [-0.1, -0.05) is 60.2 Å². The number of nitrogens with two attached hydrogens (primary N) is 1. The molecular weight excluding hydrogens is 308 g/mol. The Morgan fingerprint density at radius 1 is 1.08 bits per heavy atom. The highest BCUT2D eigenvalue weighted by atomic mass is 15.2. The molecule has 2 atom stereocenters. The summed E-state index contributed by atoms with van der Waals surface area (Å²) in [5.41, 5.74) is 12.5.